The van der Waals surface area contributed by atoms with Crippen molar-refractivity contribution >= 4 is 45.1 Å². The number of hydrogen-bond acceptors (Lipinski definition) is 10. The molecule has 4 fully saturated rings. The molecule has 2 heterocycles. The molecule has 0 bridgehead atoms. The first kappa shape index (κ1) is 39.4. The lowest BCUT2D eigenvalue weighted by Crippen LogP contribution is -2.51. The Bertz CT molecular complexity index is 1610. The second-order valence-corrected chi connectivity index (χ2v) is 16.6. The van der Waals surface area contributed by atoms with Gasteiger partial charge in [0.2, 0.25) is 21.7 Å². The smallest absolute Gasteiger partial charge is 0.287 e. The van der Waals surface area contributed by atoms with Crippen molar-refractivity contribution in [2.45, 2.75) is 115 Å². The van der Waals surface area contributed by atoms with E-state index in [1.165, 1.54) is 23.5 Å². The number of Topliss-reactive ketones (excluding diaryl/α,β-unsaturated/α-hetero) is 3. The molecule has 4 aliphatic rings. The molecule has 0 spiro atoms. The normalized spacial score (nSPS) is 23.6. The average Bonchev–Trinajstić information content (AvgIpc) is 3.72. The molecule has 0 radical (unpaired) electrons. The summed E-state index contributed by atoms with van der Waals surface area (Å²) in [5.74, 6) is -5.44. The van der Waals surface area contributed by atoms with Crippen molar-refractivity contribution in [1.29, 1.82) is 0 Å². The highest BCUT2D eigenvalue weighted by Crippen LogP contribution is 2.44. The Kier molecular flexibility index (Phi) is 13.5. The van der Waals surface area contributed by atoms with Crippen LogP contribution in [0.15, 0.2) is 30.6 Å². The lowest BCUT2D eigenvalue weighted by molar-refractivity contribution is -0.145. The molecule has 14 nitrogen and oxygen atoms in total. The van der Waals surface area contributed by atoms with Crippen LogP contribution in [0.5, 0.6) is 0 Å². The van der Waals surface area contributed by atoms with Gasteiger partial charge in [0.15, 0.2) is 11.6 Å². The van der Waals surface area contributed by atoms with Gasteiger partial charge in [-0.15, -0.1) is 0 Å². The average molecular weight is 741 g/mol. The van der Waals surface area contributed by atoms with E-state index < -0.39 is 69.8 Å². The van der Waals surface area contributed by atoms with Gasteiger partial charge in [-0.25, -0.2) is 18.1 Å². The molecule has 3 N–H and O–H groups in total. The minimum absolute atomic E-state index is 0.00665. The van der Waals surface area contributed by atoms with E-state index >= 15 is 0 Å². The number of aromatic nitrogens is 2. The summed E-state index contributed by atoms with van der Waals surface area (Å²) in [7, 11) is -3.99. The van der Waals surface area contributed by atoms with E-state index in [1.54, 1.807) is 0 Å². The van der Waals surface area contributed by atoms with Crippen molar-refractivity contribution in [2.75, 3.05) is 13.1 Å². The van der Waals surface area contributed by atoms with Gasteiger partial charge in [0.25, 0.3) is 11.8 Å². The van der Waals surface area contributed by atoms with Crippen molar-refractivity contribution in [3.63, 3.8) is 0 Å². The summed E-state index contributed by atoms with van der Waals surface area (Å²) in [5.41, 5.74) is 0.0392. The number of hydrogen-bond donors (Lipinski definition) is 3. The van der Waals surface area contributed by atoms with E-state index in [1.807, 2.05) is 6.92 Å². The zero-order valence-electron chi connectivity index (χ0n) is 30.0. The summed E-state index contributed by atoms with van der Waals surface area (Å²) in [4.78, 5) is 91.6. The minimum atomic E-state index is -3.99. The van der Waals surface area contributed by atoms with Gasteiger partial charge < -0.3 is 15.5 Å². The van der Waals surface area contributed by atoms with Gasteiger partial charge in [-0.3, -0.25) is 33.8 Å². The number of carbonyl (C=O) groups excluding carboxylic acids is 6. The fourth-order valence-corrected chi connectivity index (χ4v) is 8.89. The Hall–Kier alpha value is -3.85. The van der Waals surface area contributed by atoms with Crippen LogP contribution in [-0.4, -0.2) is 89.6 Å². The van der Waals surface area contributed by atoms with Crippen LogP contribution in [0.25, 0.3) is 0 Å². The molecular weight excluding hydrogens is 689 g/mol. The Morgan fingerprint density at radius 2 is 1.71 bits per heavy atom. The largest absolute Gasteiger partial charge is 0.347 e. The fraction of sp³-hybridized carbons (Fsp3) is 0.676. The molecule has 3 saturated carbocycles. The molecule has 3 amide bonds. The highest BCUT2D eigenvalue weighted by Gasteiger charge is 2.51. The van der Waals surface area contributed by atoms with Gasteiger partial charge in [-0.1, -0.05) is 45.6 Å². The molecule has 6 atom stereocenters. The predicted octanol–water partition coefficient (Wildman–Crippen LogP) is 2.64. The minimum Gasteiger partial charge on any atom is -0.347 e. The number of sulfonamides is 1. The second-order valence-electron chi connectivity index (χ2n) is 14.9. The predicted molar refractivity (Wildman–Crippen MR) is 191 cm³/mol. The third-order valence-electron chi connectivity index (χ3n) is 11.2. The molecule has 284 valence electrons. The monoisotopic (exact) mass is 740 g/mol. The van der Waals surface area contributed by atoms with E-state index in [-0.39, 0.29) is 54.7 Å². The van der Waals surface area contributed by atoms with Gasteiger partial charge >= 0.3 is 0 Å². The number of fused-ring (bicyclic) bond motifs is 1. The Labute approximate surface area is 305 Å². The van der Waals surface area contributed by atoms with Crippen molar-refractivity contribution < 1.29 is 37.2 Å². The number of rotatable bonds is 19. The molecule has 5 rings (SSSR count). The number of ketones is 3. The van der Waals surface area contributed by atoms with Crippen molar-refractivity contribution in [1.82, 2.24) is 30.2 Å². The Morgan fingerprint density at radius 3 is 2.37 bits per heavy atom. The summed E-state index contributed by atoms with van der Waals surface area (Å²) in [6.45, 7) is 5.06. The van der Waals surface area contributed by atoms with Crippen LogP contribution in [0.3, 0.4) is 0 Å². The Morgan fingerprint density at radius 1 is 0.962 bits per heavy atom. The van der Waals surface area contributed by atoms with Crippen molar-refractivity contribution in [3.05, 3.63) is 36.3 Å². The van der Waals surface area contributed by atoms with Crippen molar-refractivity contribution in [3.8, 4) is 0 Å². The molecular formula is C37H52N6O8S. The number of nitrogens with one attached hydrogen (secondary N) is 3. The van der Waals surface area contributed by atoms with Crippen LogP contribution in [0.2, 0.25) is 0 Å². The maximum absolute atomic E-state index is 14.6. The van der Waals surface area contributed by atoms with Crippen LogP contribution in [0.4, 0.5) is 0 Å². The lowest BCUT2D eigenvalue weighted by atomic mass is 9.80. The first-order valence-electron chi connectivity index (χ1n) is 18.8. The van der Waals surface area contributed by atoms with E-state index in [0.29, 0.717) is 32.1 Å². The van der Waals surface area contributed by atoms with Gasteiger partial charge in [0.1, 0.15) is 5.69 Å². The van der Waals surface area contributed by atoms with E-state index in [9.17, 15) is 37.2 Å². The third kappa shape index (κ3) is 9.97. The molecule has 52 heavy (non-hydrogen) atoms. The highest BCUT2D eigenvalue weighted by atomic mass is 32.2. The van der Waals surface area contributed by atoms with Gasteiger partial charge in [0.05, 0.1) is 24.2 Å². The van der Waals surface area contributed by atoms with E-state index in [4.69, 9.17) is 0 Å². The molecule has 0 aromatic carbocycles. The molecule has 1 aromatic heterocycles. The summed E-state index contributed by atoms with van der Waals surface area (Å²) in [5, 5.41) is 6.29. The van der Waals surface area contributed by atoms with E-state index in [2.05, 4.69) is 31.9 Å². The molecule has 15 heteroatoms. The second kappa shape index (κ2) is 17.8. The maximum atomic E-state index is 14.6. The van der Waals surface area contributed by atoms with Gasteiger partial charge in [-0.05, 0) is 62.7 Å². The quantitative estimate of drug-likeness (QED) is 0.177. The summed E-state index contributed by atoms with van der Waals surface area (Å²) < 4.78 is 27.4. The maximum Gasteiger partial charge on any atom is 0.287 e. The molecule has 3 aliphatic carbocycles. The molecule has 1 saturated heterocycles. The Balaban J connectivity index is 1.39. The summed E-state index contributed by atoms with van der Waals surface area (Å²) in [6.07, 6.45) is 12.7. The molecule has 0 unspecified atom stereocenters. The summed E-state index contributed by atoms with van der Waals surface area (Å²) in [6, 6.07) is -1.82. The van der Waals surface area contributed by atoms with Crippen LogP contribution < -0.4 is 15.4 Å². The standard InChI is InChI=1S/C37H52N6O8S/c1-3-9-24(34(46)36(48)41-27-14-15-27)18-31(45)33-28-13-8-12-25(28)22-43(33)37(49)26(20-40-52(50,51)4-2)19-30(44)32(23-10-6-5-7-11-23)42-35(47)29-21-38-16-17-39-29/h4,16-17,21,23-28,32-33,40H,2-3,5-15,18-20,22H2,1H3,(H,41,48)(H,42,47)/t24-,25+,26+,28+,32+,33+/m1/s1. The number of amides is 3. The van der Waals surface area contributed by atoms with Crippen LogP contribution in [0.1, 0.15) is 107 Å². The first-order chi connectivity index (χ1) is 24.9. The number of nitrogens with zero attached hydrogens (tertiary/aromatic N) is 3. The first-order valence-corrected chi connectivity index (χ1v) is 20.4. The zero-order valence-corrected chi connectivity index (χ0v) is 30.8. The van der Waals surface area contributed by atoms with Crippen LogP contribution >= 0.6 is 0 Å². The molecule has 1 aromatic rings. The lowest BCUT2D eigenvalue weighted by Gasteiger charge is -2.33. The number of likely N-dealkylation sites (tertiary alicyclic amines) is 1. The summed E-state index contributed by atoms with van der Waals surface area (Å²) >= 11 is 0. The topological polar surface area (TPSA) is 202 Å². The SMILES string of the molecule is C=CS(=O)(=O)NC[C@H](CC(=O)[C@@H](NC(=O)c1cnccn1)C1CCCCC1)C(=O)N1C[C@@H]2CCC[C@@H]2[C@H]1C(=O)C[C@@H](CCC)C(=O)C(=O)NC1CC1. The van der Waals surface area contributed by atoms with Gasteiger partial charge in [0, 0.05) is 55.7 Å². The zero-order chi connectivity index (χ0) is 37.4. The molecule has 1 aliphatic heterocycles. The van der Waals surface area contributed by atoms with Crippen LogP contribution in [-0.2, 0) is 34.0 Å². The van der Waals surface area contributed by atoms with Crippen LogP contribution in [0, 0.1) is 29.6 Å². The third-order valence-corrected chi connectivity index (χ3v) is 12.2. The number of carbonyl (C=O) groups is 6. The van der Waals surface area contributed by atoms with Gasteiger partial charge in [-0.2, -0.15) is 0 Å². The highest BCUT2D eigenvalue weighted by molar-refractivity contribution is 7.92. The van der Waals surface area contributed by atoms with E-state index in [0.717, 1.165) is 50.4 Å². The fourth-order valence-electron chi connectivity index (χ4n) is 8.34. The van der Waals surface area contributed by atoms with Crippen molar-refractivity contribution in [2.24, 2.45) is 29.6 Å².